The number of nitrogens with zero attached hydrogens (tertiary/aromatic N) is 4. The molecule has 0 aliphatic carbocycles. The molecule has 0 saturated heterocycles. The number of aromatic nitrogens is 3. The van der Waals surface area contributed by atoms with Gasteiger partial charge in [0.25, 0.3) is 0 Å². The van der Waals surface area contributed by atoms with Crippen LogP contribution in [0.5, 0.6) is 0 Å². The van der Waals surface area contributed by atoms with Crippen LogP contribution >= 0.6 is 11.8 Å². The van der Waals surface area contributed by atoms with Gasteiger partial charge in [-0.2, -0.15) is 4.31 Å². The number of nitrogens with one attached hydrogen (secondary N) is 1. The van der Waals surface area contributed by atoms with Crippen molar-refractivity contribution >= 4 is 27.7 Å². The summed E-state index contributed by atoms with van der Waals surface area (Å²) >= 11 is 1.14. The van der Waals surface area contributed by atoms with Crippen molar-refractivity contribution < 1.29 is 13.2 Å². The van der Waals surface area contributed by atoms with Gasteiger partial charge in [-0.15, -0.1) is 10.2 Å². The zero-order valence-electron chi connectivity index (χ0n) is 14.8. The number of amides is 1. The average Bonchev–Trinajstić information content (AvgIpc) is 3.01. The Labute approximate surface area is 157 Å². The van der Waals surface area contributed by atoms with Crippen LogP contribution < -0.4 is 11.2 Å². The molecule has 0 unspecified atom stereocenters. The molecule has 0 atom stereocenters. The molecule has 0 saturated carbocycles. The van der Waals surface area contributed by atoms with Gasteiger partial charge in [0.1, 0.15) is 0 Å². The highest BCUT2D eigenvalue weighted by Gasteiger charge is 2.23. The number of carbonyl (C=O) groups excluding carboxylic acids is 1. The minimum Gasteiger partial charge on any atom is -0.358 e. The Bertz CT molecular complexity index is 877. The number of hydrogen-bond acceptors (Lipinski definition) is 7. The van der Waals surface area contributed by atoms with Crippen LogP contribution in [0.15, 0.2) is 34.3 Å². The Morgan fingerprint density at radius 2 is 2.00 bits per heavy atom. The fourth-order valence-electron chi connectivity index (χ4n) is 2.28. The predicted octanol–water partition coefficient (Wildman–Crippen LogP) is 0.528. The molecule has 0 bridgehead atoms. The van der Waals surface area contributed by atoms with Crippen molar-refractivity contribution in [2.45, 2.75) is 23.9 Å². The molecule has 0 aliphatic rings. The Balaban J connectivity index is 2.34. The van der Waals surface area contributed by atoms with Crippen LogP contribution in [-0.4, -0.2) is 59.4 Å². The minimum absolute atomic E-state index is 0.155. The predicted molar refractivity (Wildman–Crippen MR) is 101 cm³/mol. The fraction of sp³-hybridized carbons (Fsp3) is 0.400. The number of benzene rings is 1. The SMILES string of the molecule is CCN(CC)S(=O)(=O)c1cccc(-c2nnc(SCC(=O)NC)n2N)c1. The quantitative estimate of drug-likeness (QED) is 0.491. The summed E-state index contributed by atoms with van der Waals surface area (Å²) in [5.74, 6) is 6.33. The lowest BCUT2D eigenvalue weighted by molar-refractivity contribution is -0.118. The van der Waals surface area contributed by atoms with Gasteiger partial charge in [-0.3, -0.25) is 4.79 Å². The zero-order valence-corrected chi connectivity index (χ0v) is 16.5. The highest BCUT2D eigenvalue weighted by Crippen LogP contribution is 2.25. The van der Waals surface area contributed by atoms with Gasteiger partial charge in [0.2, 0.25) is 21.1 Å². The molecule has 1 aromatic carbocycles. The molecule has 11 heteroatoms. The molecular weight excluding hydrogens is 376 g/mol. The number of sulfonamides is 1. The first-order chi connectivity index (χ1) is 12.3. The molecule has 0 spiro atoms. The summed E-state index contributed by atoms with van der Waals surface area (Å²) in [5.41, 5.74) is 0.528. The van der Waals surface area contributed by atoms with E-state index in [2.05, 4.69) is 15.5 Å². The molecule has 1 heterocycles. The standard InChI is InChI=1S/C15H22N6O3S2/c1-4-20(5-2)26(23,24)12-8-6-7-11(9-12)14-18-19-15(21(14)16)25-10-13(22)17-3/h6-9H,4-5,10,16H2,1-3H3,(H,17,22). The molecular formula is C15H22N6O3S2. The van der Waals surface area contributed by atoms with E-state index in [0.29, 0.717) is 29.6 Å². The van der Waals surface area contributed by atoms with E-state index in [9.17, 15) is 13.2 Å². The summed E-state index contributed by atoms with van der Waals surface area (Å²) in [5, 5.41) is 10.9. The van der Waals surface area contributed by atoms with Crippen LogP contribution in [0.4, 0.5) is 0 Å². The summed E-state index contributed by atoms with van der Waals surface area (Å²) < 4.78 is 28.0. The lowest BCUT2D eigenvalue weighted by atomic mass is 10.2. The zero-order chi connectivity index (χ0) is 19.3. The van der Waals surface area contributed by atoms with Crippen molar-refractivity contribution in [2.24, 2.45) is 0 Å². The number of carbonyl (C=O) groups is 1. The maximum absolute atomic E-state index is 12.7. The lowest BCUT2D eigenvalue weighted by Gasteiger charge is -2.18. The van der Waals surface area contributed by atoms with Crippen molar-refractivity contribution in [3.05, 3.63) is 24.3 Å². The highest BCUT2D eigenvalue weighted by molar-refractivity contribution is 7.99. The molecule has 0 aliphatic heterocycles. The first-order valence-corrected chi connectivity index (χ1v) is 10.4. The number of hydrogen-bond donors (Lipinski definition) is 2. The molecule has 142 valence electrons. The maximum atomic E-state index is 12.7. The second kappa shape index (κ2) is 8.52. The Morgan fingerprint density at radius 3 is 2.62 bits per heavy atom. The Kier molecular flexibility index (Phi) is 6.62. The Morgan fingerprint density at radius 1 is 1.31 bits per heavy atom. The summed E-state index contributed by atoms with van der Waals surface area (Å²) in [4.78, 5) is 11.5. The summed E-state index contributed by atoms with van der Waals surface area (Å²) in [6.45, 7) is 4.35. The van der Waals surface area contributed by atoms with Crippen LogP contribution in [-0.2, 0) is 14.8 Å². The minimum atomic E-state index is -3.59. The number of rotatable bonds is 8. The molecule has 3 N–H and O–H groups in total. The van der Waals surface area contributed by atoms with E-state index in [-0.39, 0.29) is 16.6 Å². The average molecular weight is 399 g/mol. The van der Waals surface area contributed by atoms with Gasteiger partial charge in [-0.1, -0.05) is 37.7 Å². The largest absolute Gasteiger partial charge is 0.358 e. The van der Waals surface area contributed by atoms with Crippen LogP contribution in [0.1, 0.15) is 13.8 Å². The molecule has 1 amide bonds. The molecule has 1 aromatic heterocycles. The van der Waals surface area contributed by atoms with E-state index in [4.69, 9.17) is 5.84 Å². The smallest absolute Gasteiger partial charge is 0.243 e. The van der Waals surface area contributed by atoms with Gasteiger partial charge >= 0.3 is 0 Å². The number of nitrogen functional groups attached to an aromatic ring is 1. The van der Waals surface area contributed by atoms with Crippen molar-refractivity contribution in [3.8, 4) is 11.4 Å². The first-order valence-electron chi connectivity index (χ1n) is 7.99. The van der Waals surface area contributed by atoms with Crippen molar-refractivity contribution in [2.75, 3.05) is 31.7 Å². The van der Waals surface area contributed by atoms with Crippen molar-refractivity contribution in [1.29, 1.82) is 0 Å². The summed E-state index contributed by atoms with van der Waals surface area (Å²) in [7, 11) is -2.04. The third-order valence-electron chi connectivity index (χ3n) is 3.71. The molecule has 2 rings (SSSR count). The topological polar surface area (TPSA) is 123 Å². The van der Waals surface area contributed by atoms with Gasteiger partial charge in [-0.05, 0) is 12.1 Å². The van der Waals surface area contributed by atoms with Crippen LogP contribution in [0.25, 0.3) is 11.4 Å². The van der Waals surface area contributed by atoms with E-state index in [1.165, 1.54) is 21.1 Å². The third-order valence-corrected chi connectivity index (χ3v) is 6.70. The van der Waals surface area contributed by atoms with Gasteiger partial charge in [0, 0.05) is 25.7 Å². The van der Waals surface area contributed by atoms with E-state index in [0.717, 1.165) is 11.8 Å². The Hall–Kier alpha value is -2.11. The highest BCUT2D eigenvalue weighted by atomic mass is 32.2. The van der Waals surface area contributed by atoms with Gasteiger partial charge < -0.3 is 11.2 Å². The molecule has 0 fully saturated rings. The molecule has 2 aromatic rings. The van der Waals surface area contributed by atoms with Crippen LogP contribution in [0.3, 0.4) is 0 Å². The lowest BCUT2D eigenvalue weighted by Crippen LogP contribution is -2.30. The van der Waals surface area contributed by atoms with Crippen molar-refractivity contribution in [3.63, 3.8) is 0 Å². The number of nitrogens with two attached hydrogens (primary N) is 1. The third kappa shape index (κ3) is 4.17. The van der Waals surface area contributed by atoms with Gasteiger partial charge in [0.05, 0.1) is 10.6 Å². The van der Waals surface area contributed by atoms with E-state index in [1.807, 2.05) is 0 Å². The van der Waals surface area contributed by atoms with Crippen LogP contribution in [0.2, 0.25) is 0 Å². The van der Waals surface area contributed by atoms with Gasteiger partial charge in [0.15, 0.2) is 5.82 Å². The van der Waals surface area contributed by atoms with Crippen LogP contribution in [0, 0.1) is 0 Å². The number of thioether (sulfide) groups is 1. The molecule has 9 nitrogen and oxygen atoms in total. The fourth-order valence-corrected chi connectivity index (χ4v) is 4.52. The van der Waals surface area contributed by atoms with Crippen molar-refractivity contribution in [1.82, 2.24) is 24.5 Å². The van der Waals surface area contributed by atoms with E-state index < -0.39 is 10.0 Å². The summed E-state index contributed by atoms with van der Waals surface area (Å²) in [6.07, 6.45) is 0. The van der Waals surface area contributed by atoms with E-state index >= 15 is 0 Å². The van der Waals surface area contributed by atoms with E-state index in [1.54, 1.807) is 33.0 Å². The maximum Gasteiger partial charge on any atom is 0.243 e. The normalized spacial score (nSPS) is 11.7. The second-order valence-corrected chi connectivity index (χ2v) is 8.14. The molecule has 0 radical (unpaired) electrons. The monoisotopic (exact) mass is 398 g/mol. The van der Waals surface area contributed by atoms with Gasteiger partial charge in [-0.25, -0.2) is 13.1 Å². The summed E-state index contributed by atoms with van der Waals surface area (Å²) in [6, 6.07) is 6.41. The molecule has 26 heavy (non-hydrogen) atoms. The second-order valence-electron chi connectivity index (χ2n) is 5.26. The first kappa shape index (κ1) is 20.2.